The molecule has 1 aromatic carbocycles. The van der Waals surface area contributed by atoms with E-state index in [1.807, 2.05) is 12.1 Å². The Bertz CT molecular complexity index is 537. The molecule has 0 bridgehead atoms. The van der Waals surface area contributed by atoms with Crippen molar-refractivity contribution in [2.45, 2.75) is 37.9 Å². The number of Topliss-reactive ketones (excluding diaryl/α,β-unsaturated/α-hetero) is 1. The van der Waals surface area contributed by atoms with Gasteiger partial charge in [0.25, 0.3) is 0 Å². The number of benzene rings is 1. The van der Waals surface area contributed by atoms with E-state index in [0.717, 1.165) is 30.3 Å². The third-order valence-electron chi connectivity index (χ3n) is 4.13. The van der Waals surface area contributed by atoms with Gasteiger partial charge in [-0.15, -0.1) is 0 Å². The summed E-state index contributed by atoms with van der Waals surface area (Å²) in [4.78, 5) is 11.7. The molecule has 3 rings (SSSR count). The van der Waals surface area contributed by atoms with Gasteiger partial charge in [0.1, 0.15) is 11.9 Å². The van der Waals surface area contributed by atoms with Gasteiger partial charge in [-0.1, -0.05) is 15.9 Å². The Labute approximate surface area is 132 Å². The number of ketones is 1. The van der Waals surface area contributed by atoms with Crippen LogP contribution in [0.4, 0.5) is 0 Å². The summed E-state index contributed by atoms with van der Waals surface area (Å²) in [6, 6.07) is 5.53. The van der Waals surface area contributed by atoms with Crippen molar-refractivity contribution in [1.29, 1.82) is 0 Å². The van der Waals surface area contributed by atoms with Crippen LogP contribution in [-0.2, 0) is 9.47 Å². The molecule has 0 saturated carbocycles. The van der Waals surface area contributed by atoms with Crippen LogP contribution in [0.15, 0.2) is 22.7 Å². The van der Waals surface area contributed by atoms with E-state index in [9.17, 15) is 4.79 Å². The van der Waals surface area contributed by atoms with Crippen LogP contribution in [0.25, 0.3) is 0 Å². The summed E-state index contributed by atoms with van der Waals surface area (Å²) in [5.74, 6) is 0.668. The average Bonchev–Trinajstić information content (AvgIpc) is 2.86. The Balaban J connectivity index is 1.77. The Morgan fingerprint density at radius 3 is 3.00 bits per heavy atom. The van der Waals surface area contributed by atoms with Crippen molar-refractivity contribution in [3.8, 4) is 5.75 Å². The lowest BCUT2D eigenvalue weighted by Gasteiger charge is -2.37. The van der Waals surface area contributed by atoms with Crippen LogP contribution in [0.5, 0.6) is 5.75 Å². The minimum atomic E-state index is -0.189. The molecule has 0 aromatic heterocycles. The molecule has 1 spiro atoms. The quantitative estimate of drug-likeness (QED) is 0.780. The van der Waals surface area contributed by atoms with Crippen molar-refractivity contribution in [1.82, 2.24) is 0 Å². The Morgan fingerprint density at radius 1 is 1.43 bits per heavy atom. The second-order valence-corrected chi connectivity index (χ2v) is 6.68. The standard InChI is InChI=1S/C16H19BrO4/c1-11(18)14-3-2-12(17)8-15(14)21-13-4-6-20-16(9-13)5-7-19-10-16/h2-3,8,13H,4-7,9-10H2,1H3. The second kappa shape index (κ2) is 6.07. The zero-order valence-electron chi connectivity index (χ0n) is 12.1. The first kappa shape index (κ1) is 15.0. The lowest BCUT2D eigenvalue weighted by atomic mass is 9.91. The van der Waals surface area contributed by atoms with Gasteiger partial charge in [0.2, 0.25) is 0 Å². The van der Waals surface area contributed by atoms with Crippen LogP contribution in [0.1, 0.15) is 36.5 Å². The molecule has 2 fully saturated rings. The highest BCUT2D eigenvalue weighted by Crippen LogP contribution is 2.35. The van der Waals surface area contributed by atoms with Crippen LogP contribution in [-0.4, -0.2) is 37.3 Å². The van der Waals surface area contributed by atoms with E-state index in [4.69, 9.17) is 14.2 Å². The summed E-state index contributed by atoms with van der Waals surface area (Å²) < 4.78 is 18.4. The summed E-state index contributed by atoms with van der Waals surface area (Å²) in [5, 5.41) is 0. The van der Waals surface area contributed by atoms with Crippen LogP contribution in [0, 0.1) is 0 Å². The normalized spacial score (nSPS) is 28.8. The van der Waals surface area contributed by atoms with Crippen LogP contribution in [0.3, 0.4) is 0 Å². The minimum Gasteiger partial charge on any atom is -0.489 e. The third kappa shape index (κ3) is 3.30. The maximum atomic E-state index is 11.7. The lowest BCUT2D eigenvalue weighted by Crippen LogP contribution is -2.44. The molecule has 2 heterocycles. The first-order valence-corrected chi connectivity index (χ1v) is 8.06. The molecule has 0 aliphatic carbocycles. The summed E-state index contributed by atoms with van der Waals surface area (Å²) in [5.41, 5.74) is 0.437. The summed E-state index contributed by atoms with van der Waals surface area (Å²) in [7, 11) is 0. The van der Waals surface area contributed by atoms with Crippen molar-refractivity contribution in [3.05, 3.63) is 28.2 Å². The maximum Gasteiger partial charge on any atom is 0.163 e. The topological polar surface area (TPSA) is 44.8 Å². The fraction of sp³-hybridized carbons (Fsp3) is 0.562. The van der Waals surface area contributed by atoms with E-state index >= 15 is 0 Å². The molecular formula is C16H19BrO4. The number of hydrogen-bond donors (Lipinski definition) is 0. The Kier molecular flexibility index (Phi) is 4.33. The second-order valence-electron chi connectivity index (χ2n) is 5.76. The molecule has 2 saturated heterocycles. The molecule has 4 nitrogen and oxygen atoms in total. The highest BCUT2D eigenvalue weighted by atomic mass is 79.9. The highest BCUT2D eigenvalue weighted by molar-refractivity contribution is 9.10. The first-order chi connectivity index (χ1) is 10.1. The van der Waals surface area contributed by atoms with Gasteiger partial charge in [-0.25, -0.2) is 0 Å². The van der Waals surface area contributed by atoms with Crippen molar-refractivity contribution in [2.24, 2.45) is 0 Å². The first-order valence-electron chi connectivity index (χ1n) is 7.27. The van der Waals surface area contributed by atoms with E-state index < -0.39 is 0 Å². The number of halogens is 1. The minimum absolute atomic E-state index is 0.0171. The maximum absolute atomic E-state index is 11.7. The summed E-state index contributed by atoms with van der Waals surface area (Å²) in [6.07, 6.45) is 2.64. The molecular weight excluding hydrogens is 336 g/mol. The van der Waals surface area contributed by atoms with E-state index in [1.54, 1.807) is 13.0 Å². The number of carbonyl (C=O) groups excluding carboxylic acids is 1. The molecule has 21 heavy (non-hydrogen) atoms. The lowest BCUT2D eigenvalue weighted by molar-refractivity contribution is -0.112. The number of ether oxygens (including phenoxy) is 3. The number of rotatable bonds is 3. The summed E-state index contributed by atoms with van der Waals surface area (Å²) in [6.45, 7) is 3.64. The van der Waals surface area contributed by atoms with Crippen LogP contribution >= 0.6 is 15.9 Å². The molecule has 114 valence electrons. The SMILES string of the molecule is CC(=O)c1ccc(Br)cc1OC1CCOC2(CCOC2)C1. The summed E-state index contributed by atoms with van der Waals surface area (Å²) >= 11 is 3.43. The van der Waals surface area contributed by atoms with Gasteiger partial charge in [-0.2, -0.15) is 0 Å². The zero-order valence-corrected chi connectivity index (χ0v) is 13.6. The Hall–Kier alpha value is -0.910. The molecule has 0 amide bonds. The molecule has 2 atom stereocenters. The third-order valence-corrected chi connectivity index (χ3v) is 4.62. The van der Waals surface area contributed by atoms with Crippen LogP contribution < -0.4 is 4.74 Å². The van der Waals surface area contributed by atoms with E-state index in [1.165, 1.54) is 0 Å². The fourth-order valence-corrected chi connectivity index (χ4v) is 3.35. The van der Waals surface area contributed by atoms with Crippen LogP contribution in [0.2, 0.25) is 0 Å². The van der Waals surface area contributed by atoms with Gasteiger partial charge in [-0.3, -0.25) is 4.79 Å². The van der Waals surface area contributed by atoms with Gasteiger partial charge < -0.3 is 14.2 Å². The van der Waals surface area contributed by atoms with Crippen molar-refractivity contribution in [2.75, 3.05) is 19.8 Å². The zero-order chi connectivity index (χ0) is 14.9. The molecule has 0 N–H and O–H groups in total. The van der Waals surface area contributed by atoms with Crippen molar-refractivity contribution < 1.29 is 19.0 Å². The molecule has 2 aliphatic heterocycles. The van der Waals surface area contributed by atoms with E-state index in [-0.39, 0.29) is 17.5 Å². The van der Waals surface area contributed by atoms with E-state index in [0.29, 0.717) is 24.5 Å². The monoisotopic (exact) mass is 354 g/mol. The predicted octanol–water partition coefficient (Wildman–Crippen LogP) is 3.37. The number of carbonyl (C=O) groups is 1. The molecule has 5 heteroatoms. The van der Waals surface area contributed by atoms with Gasteiger partial charge in [-0.05, 0) is 25.1 Å². The van der Waals surface area contributed by atoms with Gasteiger partial charge in [0.05, 0.1) is 24.4 Å². The predicted molar refractivity (Wildman–Crippen MR) is 81.9 cm³/mol. The van der Waals surface area contributed by atoms with Gasteiger partial charge in [0.15, 0.2) is 5.78 Å². The van der Waals surface area contributed by atoms with Crippen molar-refractivity contribution >= 4 is 21.7 Å². The molecule has 0 radical (unpaired) electrons. The van der Waals surface area contributed by atoms with E-state index in [2.05, 4.69) is 15.9 Å². The number of hydrogen-bond acceptors (Lipinski definition) is 4. The van der Waals surface area contributed by atoms with Gasteiger partial charge >= 0.3 is 0 Å². The molecule has 2 unspecified atom stereocenters. The Morgan fingerprint density at radius 2 is 2.29 bits per heavy atom. The molecule has 1 aromatic rings. The van der Waals surface area contributed by atoms with Gasteiger partial charge in [0, 0.05) is 30.3 Å². The fourth-order valence-electron chi connectivity index (χ4n) is 3.01. The average molecular weight is 355 g/mol. The molecule has 2 aliphatic rings. The van der Waals surface area contributed by atoms with Crippen molar-refractivity contribution in [3.63, 3.8) is 0 Å². The largest absolute Gasteiger partial charge is 0.489 e. The highest BCUT2D eigenvalue weighted by Gasteiger charge is 2.42. The smallest absolute Gasteiger partial charge is 0.163 e.